The maximum absolute atomic E-state index is 13.0. The Morgan fingerprint density at radius 1 is 1.04 bits per heavy atom. The summed E-state index contributed by atoms with van der Waals surface area (Å²) >= 11 is 0. The SMILES string of the molecule is O=C(Nc1ccccc1)N(Cc1ccccc1)c1ccc2c(c1)B(O)OC2. The van der Waals surface area contributed by atoms with Crippen LogP contribution >= 0.6 is 0 Å². The van der Waals surface area contributed by atoms with Crippen LogP contribution in [0.3, 0.4) is 0 Å². The summed E-state index contributed by atoms with van der Waals surface area (Å²) in [5, 5.41) is 12.9. The molecular weight excluding hydrogens is 339 g/mol. The van der Waals surface area contributed by atoms with Crippen molar-refractivity contribution in [2.24, 2.45) is 0 Å². The highest BCUT2D eigenvalue weighted by Gasteiger charge is 2.28. The Balaban J connectivity index is 1.65. The summed E-state index contributed by atoms with van der Waals surface area (Å²) in [6.45, 7) is 0.793. The Labute approximate surface area is 158 Å². The summed E-state index contributed by atoms with van der Waals surface area (Å²) in [6.07, 6.45) is 0. The van der Waals surface area contributed by atoms with Crippen molar-refractivity contribution in [1.29, 1.82) is 0 Å². The van der Waals surface area contributed by atoms with Crippen LogP contribution in [-0.4, -0.2) is 18.2 Å². The molecule has 5 nitrogen and oxygen atoms in total. The van der Waals surface area contributed by atoms with E-state index in [1.807, 2.05) is 78.9 Å². The Hall–Kier alpha value is -3.09. The van der Waals surface area contributed by atoms with Gasteiger partial charge in [-0.15, -0.1) is 0 Å². The number of nitrogens with zero attached hydrogens (tertiary/aromatic N) is 1. The predicted molar refractivity (Wildman–Crippen MR) is 107 cm³/mol. The van der Waals surface area contributed by atoms with Gasteiger partial charge in [0, 0.05) is 11.4 Å². The van der Waals surface area contributed by atoms with Crippen molar-refractivity contribution < 1.29 is 14.5 Å². The van der Waals surface area contributed by atoms with Crippen molar-refractivity contribution >= 4 is 30.0 Å². The monoisotopic (exact) mass is 358 g/mol. The highest BCUT2D eigenvalue weighted by Crippen LogP contribution is 2.22. The second kappa shape index (κ2) is 7.66. The van der Waals surface area contributed by atoms with E-state index in [0.717, 1.165) is 16.8 Å². The minimum atomic E-state index is -0.948. The first-order valence-corrected chi connectivity index (χ1v) is 8.81. The quantitative estimate of drug-likeness (QED) is 0.705. The van der Waals surface area contributed by atoms with E-state index in [1.54, 1.807) is 4.90 Å². The van der Waals surface area contributed by atoms with Gasteiger partial charge < -0.3 is 15.0 Å². The highest BCUT2D eigenvalue weighted by molar-refractivity contribution is 6.61. The van der Waals surface area contributed by atoms with Gasteiger partial charge in [-0.05, 0) is 40.9 Å². The van der Waals surface area contributed by atoms with Crippen LogP contribution in [0.2, 0.25) is 0 Å². The lowest BCUT2D eigenvalue weighted by Crippen LogP contribution is -2.36. The molecule has 1 aliphatic heterocycles. The van der Waals surface area contributed by atoms with Gasteiger partial charge in [0.2, 0.25) is 0 Å². The van der Waals surface area contributed by atoms with E-state index in [1.165, 1.54) is 0 Å². The molecule has 0 aliphatic carbocycles. The molecule has 2 N–H and O–H groups in total. The molecule has 0 spiro atoms. The van der Waals surface area contributed by atoms with Crippen LogP contribution in [0.1, 0.15) is 11.1 Å². The Morgan fingerprint density at radius 3 is 2.48 bits per heavy atom. The molecule has 0 aromatic heterocycles. The number of hydrogen-bond acceptors (Lipinski definition) is 3. The molecule has 1 heterocycles. The largest absolute Gasteiger partial charge is 0.491 e. The third kappa shape index (κ3) is 3.87. The number of para-hydroxylation sites is 1. The molecule has 0 atom stereocenters. The van der Waals surface area contributed by atoms with E-state index < -0.39 is 7.12 Å². The van der Waals surface area contributed by atoms with Crippen LogP contribution in [0.5, 0.6) is 0 Å². The molecule has 3 aromatic rings. The maximum Gasteiger partial charge on any atom is 0.491 e. The smallest absolute Gasteiger partial charge is 0.423 e. The summed E-state index contributed by atoms with van der Waals surface area (Å²) in [6, 6.07) is 24.5. The number of carbonyl (C=O) groups excluding carboxylic acids is 1. The standard InChI is InChI=1S/C21H19BN2O3/c25-21(23-18-9-5-2-6-10-18)24(14-16-7-3-1-4-8-16)19-12-11-17-15-27-22(26)20(17)13-19/h1-13,26H,14-15H2,(H,23,25). The van der Waals surface area contributed by atoms with E-state index in [9.17, 15) is 9.82 Å². The lowest BCUT2D eigenvalue weighted by molar-refractivity contribution is 0.256. The highest BCUT2D eigenvalue weighted by atomic mass is 16.5. The number of anilines is 2. The number of carbonyl (C=O) groups is 1. The van der Waals surface area contributed by atoms with E-state index in [2.05, 4.69) is 5.32 Å². The third-order valence-corrected chi connectivity index (χ3v) is 4.56. The van der Waals surface area contributed by atoms with Crippen molar-refractivity contribution in [3.8, 4) is 0 Å². The Kier molecular flexibility index (Phi) is 4.92. The second-order valence-electron chi connectivity index (χ2n) is 6.41. The number of rotatable bonds is 4. The van der Waals surface area contributed by atoms with Crippen LogP contribution in [0, 0.1) is 0 Å². The van der Waals surface area contributed by atoms with Crippen molar-refractivity contribution in [3.05, 3.63) is 90.0 Å². The van der Waals surface area contributed by atoms with Gasteiger partial charge in [0.1, 0.15) is 0 Å². The van der Waals surface area contributed by atoms with Gasteiger partial charge >= 0.3 is 13.1 Å². The predicted octanol–water partition coefficient (Wildman–Crippen LogP) is 3.14. The fraction of sp³-hybridized carbons (Fsp3) is 0.0952. The first-order valence-electron chi connectivity index (χ1n) is 8.81. The maximum atomic E-state index is 13.0. The van der Waals surface area contributed by atoms with E-state index in [-0.39, 0.29) is 6.03 Å². The van der Waals surface area contributed by atoms with Crippen LogP contribution in [0.25, 0.3) is 0 Å². The summed E-state index contributed by atoms with van der Waals surface area (Å²) in [5.41, 5.74) is 4.09. The van der Waals surface area contributed by atoms with Gasteiger partial charge in [0.15, 0.2) is 0 Å². The molecule has 0 bridgehead atoms. The Morgan fingerprint density at radius 2 is 1.74 bits per heavy atom. The fourth-order valence-corrected chi connectivity index (χ4v) is 3.13. The van der Waals surface area contributed by atoms with Crippen LogP contribution < -0.4 is 15.7 Å². The zero-order valence-electron chi connectivity index (χ0n) is 14.7. The van der Waals surface area contributed by atoms with Crippen LogP contribution in [0.15, 0.2) is 78.9 Å². The van der Waals surface area contributed by atoms with Crippen LogP contribution in [-0.2, 0) is 17.8 Å². The molecule has 27 heavy (non-hydrogen) atoms. The molecule has 3 aromatic carbocycles. The zero-order valence-corrected chi connectivity index (χ0v) is 14.7. The van der Waals surface area contributed by atoms with Crippen LogP contribution in [0.4, 0.5) is 16.2 Å². The number of amides is 2. The zero-order chi connectivity index (χ0) is 18.6. The molecule has 134 valence electrons. The van der Waals surface area contributed by atoms with E-state index >= 15 is 0 Å². The molecule has 2 amide bonds. The minimum Gasteiger partial charge on any atom is -0.423 e. The molecular formula is C21H19BN2O3. The number of urea groups is 1. The molecule has 4 rings (SSSR count). The van der Waals surface area contributed by atoms with Gasteiger partial charge in [-0.1, -0.05) is 54.6 Å². The summed E-state index contributed by atoms with van der Waals surface area (Å²) in [7, 11) is -0.948. The van der Waals surface area contributed by atoms with Gasteiger partial charge in [-0.3, -0.25) is 4.90 Å². The lowest BCUT2D eigenvalue weighted by atomic mass is 9.79. The summed E-state index contributed by atoms with van der Waals surface area (Å²) in [4.78, 5) is 14.7. The molecule has 0 radical (unpaired) electrons. The molecule has 1 aliphatic rings. The second-order valence-corrected chi connectivity index (χ2v) is 6.41. The topological polar surface area (TPSA) is 61.8 Å². The van der Waals surface area contributed by atoms with Crippen molar-refractivity contribution in [3.63, 3.8) is 0 Å². The number of benzene rings is 3. The summed E-state index contributed by atoms with van der Waals surface area (Å²) in [5.74, 6) is 0. The normalized spacial score (nSPS) is 12.6. The van der Waals surface area contributed by atoms with Gasteiger partial charge in [-0.25, -0.2) is 4.79 Å². The van der Waals surface area contributed by atoms with Gasteiger partial charge in [0.25, 0.3) is 0 Å². The molecule has 0 fully saturated rings. The van der Waals surface area contributed by atoms with E-state index in [0.29, 0.717) is 24.3 Å². The molecule has 6 heteroatoms. The summed E-state index contributed by atoms with van der Waals surface area (Å²) < 4.78 is 5.27. The molecule has 0 unspecified atom stereocenters. The average Bonchev–Trinajstić information content (AvgIpc) is 3.08. The number of fused-ring (bicyclic) bond motifs is 1. The minimum absolute atomic E-state index is 0.238. The Bertz CT molecular complexity index is 935. The van der Waals surface area contributed by atoms with Crippen molar-refractivity contribution in [2.75, 3.05) is 10.2 Å². The first-order chi connectivity index (χ1) is 13.2. The number of nitrogens with one attached hydrogen (secondary N) is 1. The lowest BCUT2D eigenvalue weighted by Gasteiger charge is -2.24. The fourth-order valence-electron chi connectivity index (χ4n) is 3.13. The van der Waals surface area contributed by atoms with E-state index in [4.69, 9.17) is 4.65 Å². The molecule has 0 saturated carbocycles. The molecule has 0 saturated heterocycles. The number of hydrogen-bond donors (Lipinski definition) is 2. The first kappa shape index (κ1) is 17.3. The third-order valence-electron chi connectivity index (χ3n) is 4.56. The average molecular weight is 358 g/mol. The van der Waals surface area contributed by atoms with Crippen molar-refractivity contribution in [2.45, 2.75) is 13.2 Å². The van der Waals surface area contributed by atoms with Gasteiger partial charge in [-0.2, -0.15) is 0 Å². The van der Waals surface area contributed by atoms with Crippen molar-refractivity contribution in [1.82, 2.24) is 0 Å². The van der Waals surface area contributed by atoms with Gasteiger partial charge in [0.05, 0.1) is 13.2 Å².